The molecule has 0 unspecified atom stereocenters. The van der Waals surface area contributed by atoms with E-state index in [0.717, 1.165) is 12.6 Å². The van der Waals surface area contributed by atoms with Gasteiger partial charge < -0.3 is 0 Å². The Morgan fingerprint density at radius 1 is 1.31 bits per heavy atom. The van der Waals surface area contributed by atoms with Crippen LogP contribution in [0.3, 0.4) is 0 Å². The number of halogens is 1. The number of aryl methyl sites for hydroxylation is 1. The van der Waals surface area contributed by atoms with Gasteiger partial charge in [0.25, 0.3) is 0 Å². The minimum atomic E-state index is 0.816. The fourth-order valence-electron chi connectivity index (χ4n) is 2.57. The van der Waals surface area contributed by atoms with Gasteiger partial charge in [0.2, 0.25) is 0 Å². The Hall–Kier alpha value is -0.0900. The Balaban J connectivity index is 2.05. The van der Waals surface area contributed by atoms with Gasteiger partial charge in [-0.3, -0.25) is 4.90 Å². The predicted octanol–water partition coefficient (Wildman–Crippen LogP) is 3.97. The SMILES string of the molecule is Cc1cccc(CN(C)C2CCCC2)c1I. The minimum absolute atomic E-state index is 0.816. The molecule has 2 heteroatoms. The molecule has 1 aliphatic rings. The highest BCUT2D eigenvalue weighted by Gasteiger charge is 2.19. The molecule has 16 heavy (non-hydrogen) atoms. The van der Waals surface area contributed by atoms with Crippen molar-refractivity contribution in [2.45, 2.75) is 45.2 Å². The van der Waals surface area contributed by atoms with Crippen LogP contribution in [0.15, 0.2) is 18.2 Å². The van der Waals surface area contributed by atoms with Crippen LogP contribution in [0.2, 0.25) is 0 Å². The van der Waals surface area contributed by atoms with Gasteiger partial charge in [0.15, 0.2) is 0 Å². The second kappa shape index (κ2) is 5.50. The molecule has 0 aliphatic heterocycles. The molecule has 0 saturated heterocycles. The topological polar surface area (TPSA) is 3.24 Å². The highest BCUT2D eigenvalue weighted by atomic mass is 127. The highest BCUT2D eigenvalue weighted by molar-refractivity contribution is 14.1. The number of rotatable bonds is 3. The van der Waals surface area contributed by atoms with Crippen LogP contribution >= 0.6 is 22.6 Å². The molecular formula is C14H20IN. The van der Waals surface area contributed by atoms with E-state index in [1.165, 1.54) is 40.4 Å². The number of hydrogen-bond donors (Lipinski definition) is 0. The molecule has 0 bridgehead atoms. The highest BCUT2D eigenvalue weighted by Crippen LogP contribution is 2.25. The van der Waals surface area contributed by atoms with E-state index in [-0.39, 0.29) is 0 Å². The van der Waals surface area contributed by atoms with Crippen LogP contribution in [0, 0.1) is 10.5 Å². The third-order valence-electron chi connectivity index (χ3n) is 3.64. The summed E-state index contributed by atoms with van der Waals surface area (Å²) in [5.74, 6) is 0. The van der Waals surface area contributed by atoms with Gasteiger partial charge in [-0.25, -0.2) is 0 Å². The molecule has 88 valence electrons. The van der Waals surface area contributed by atoms with Crippen molar-refractivity contribution in [2.24, 2.45) is 0 Å². The molecule has 1 fully saturated rings. The van der Waals surface area contributed by atoms with E-state index in [0.29, 0.717) is 0 Å². The molecule has 0 radical (unpaired) electrons. The maximum atomic E-state index is 2.53. The summed E-state index contributed by atoms with van der Waals surface area (Å²) >= 11 is 2.47. The standard InChI is InChI=1S/C14H20IN/c1-11-6-5-7-12(14(11)15)10-16(2)13-8-3-4-9-13/h5-7,13H,3-4,8-10H2,1-2H3. The summed E-state index contributed by atoms with van der Waals surface area (Å²) < 4.78 is 1.44. The molecule has 0 aromatic heterocycles. The normalized spacial score (nSPS) is 17.2. The Bertz CT molecular complexity index is 356. The van der Waals surface area contributed by atoms with Crippen LogP contribution in [-0.4, -0.2) is 18.0 Å². The van der Waals surface area contributed by atoms with Crippen LogP contribution in [0.4, 0.5) is 0 Å². The van der Waals surface area contributed by atoms with E-state index in [2.05, 4.69) is 59.7 Å². The number of hydrogen-bond acceptors (Lipinski definition) is 1. The second-order valence-corrected chi connectivity index (χ2v) is 5.98. The minimum Gasteiger partial charge on any atom is -0.299 e. The smallest absolute Gasteiger partial charge is 0.0244 e. The molecule has 1 nitrogen and oxygen atoms in total. The molecule has 0 heterocycles. The van der Waals surface area contributed by atoms with Crippen molar-refractivity contribution in [3.8, 4) is 0 Å². The zero-order valence-corrected chi connectivity index (χ0v) is 12.3. The third-order valence-corrected chi connectivity index (χ3v) is 5.18. The Morgan fingerprint density at radius 2 is 2.00 bits per heavy atom. The molecular weight excluding hydrogens is 309 g/mol. The predicted molar refractivity (Wildman–Crippen MR) is 77.6 cm³/mol. The average molecular weight is 329 g/mol. The van der Waals surface area contributed by atoms with Crippen LogP contribution < -0.4 is 0 Å². The maximum Gasteiger partial charge on any atom is 0.0244 e. The van der Waals surface area contributed by atoms with Crippen LogP contribution in [-0.2, 0) is 6.54 Å². The van der Waals surface area contributed by atoms with Gasteiger partial charge in [-0.15, -0.1) is 0 Å². The van der Waals surface area contributed by atoms with Gasteiger partial charge >= 0.3 is 0 Å². The van der Waals surface area contributed by atoms with E-state index in [1.54, 1.807) is 0 Å². The molecule has 0 spiro atoms. The monoisotopic (exact) mass is 329 g/mol. The molecule has 0 atom stereocenters. The lowest BCUT2D eigenvalue weighted by Crippen LogP contribution is -2.28. The molecule has 0 N–H and O–H groups in total. The second-order valence-electron chi connectivity index (χ2n) is 4.90. The van der Waals surface area contributed by atoms with E-state index < -0.39 is 0 Å². The van der Waals surface area contributed by atoms with Gasteiger partial charge in [0.05, 0.1) is 0 Å². The first-order chi connectivity index (χ1) is 7.68. The Labute approximate surface area is 112 Å². The van der Waals surface area contributed by atoms with Crippen molar-refractivity contribution in [3.63, 3.8) is 0 Å². The first-order valence-electron chi connectivity index (χ1n) is 6.12. The summed E-state index contributed by atoms with van der Waals surface area (Å²) in [6, 6.07) is 7.45. The van der Waals surface area contributed by atoms with Gasteiger partial charge in [0, 0.05) is 16.2 Å². The Kier molecular flexibility index (Phi) is 4.25. The van der Waals surface area contributed by atoms with Crippen molar-refractivity contribution in [2.75, 3.05) is 7.05 Å². The summed E-state index contributed by atoms with van der Waals surface area (Å²) in [6.45, 7) is 3.30. The lowest BCUT2D eigenvalue weighted by atomic mass is 10.1. The summed E-state index contributed by atoms with van der Waals surface area (Å²) in [4.78, 5) is 2.53. The van der Waals surface area contributed by atoms with Gasteiger partial charge in [0.1, 0.15) is 0 Å². The van der Waals surface area contributed by atoms with Crippen LogP contribution in [0.25, 0.3) is 0 Å². The lowest BCUT2D eigenvalue weighted by molar-refractivity contribution is 0.237. The summed E-state index contributed by atoms with van der Waals surface area (Å²) in [5, 5.41) is 0. The average Bonchev–Trinajstić information content (AvgIpc) is 2.78. The van der Waals surface area contributed by atoms with Gasteiger partial charge in [-0.2, -0.15) is 0 Å². The molecule has 1 saturated carbocycles. The first kappa shape index (κ1) is 12.4. The van der Waals surface area contributed by atoms with Crippen LogP contribution in [0.1, 0.15) is 36.8 Å². The first-order valence-corrected chi connectivity index (χ1v) is 7.20. The van der Waals surface area contributed by atoms with Crippen molar-refractivity contribution >= 4 is 22.6 Å². The molecule has 1 aliphatic carbocycles. The quantitative estimate of drug-likeness (QED) is 0.759. The van der Waals surface area contributed by atoms with E-state index in [4.69, 9.17) is 0 Å². The zero-order valence-electron chi connectivity index (χ0n) is 10.2. The van der Waals surface area contributed by atoms with Crippen LogP contribution in [0.5, 0.6) is 0 Å². The fourth-order valence-corrected chi connectivity index (χ4v) is 3.10. The van der Waals surface area contributed by atoms with Gasteiger partial charge in [-0.1, -0.05) is 31.0 Å². The van der Waals surface area contributed by atoms with E-state index in [9.17, 15) is 0 Å². The van der Waals surface area contributed by atoms with Crippen molar-refractivity contribution in [1.29, 1.82) is 0 Å². The molecule has 0 amide bonds. The van der Waals surface area contributed by atoms with Crippen molar-refractivity contribution in [3.05, 3.63) is 32.9 Å². The molecule has 2 rings (SSSR count). The largest absolute Gasteiger partial charge is 0.299 e. The summed E-state index contributed by atoms with van der Waals surface area (Å²) in [6.07, 6.45) is 5.61. The molecule has 1 aromatic carbocycles. The van der Waals surface area contributed by atoms with Gasteiger partial charge in [-0.05, 0) is 60.5 Å². The lowest BCUT2D eigenvalue weighted by Gasteiger charge is -2.24. The number of nitrogens with zero attached hydrogens (tertiary/aromatic N) is 1. The molecule has 1 aromatic rings. The fraction of sp³-hybridized carbons (Fsp3) is 0.571. The summed E-state index contributed by atoms with van der Waals surface area (Å²) in [5.41, 5.74) is 2.88. The van der Waals surface area contributed by atoms with Crippen molar-refractivity contribution < 1.29 is 0 Å². The third kappa shape index (κ3) is 2.77. The number of benzene rings is 1. The van der Waals surface area contributed by atoms with Crippen molar-refractivity contribution in [1.82, 2.24) is 4.90 Å². The maximum absolute atomic E-state index is 2.53. The zero-order chi connectivity index (χ0) is 11.5. The summed E-state index contributed by atoms with van der Waals surface area (Å²) in [7, 11) is 2.27. The van der Waals surface area contributed by atoms with E-state index >= 15 is 0 Å². The van der Waals surface area contributed by atoms with E-state index in [1.807, 2.05) is 0 Å². The Morgan fingerprint density at radius 3 is 2.69 bits per heavy atom.